The molecule has 1 aliphatic rings. The molecule has 6 nitrogen and oxygen atoms in total. The van der Waals surface area contributed by atoms with Gasteiger partial charge in [0.05, 0.1) is 18.1 Å². The summed E-state index contributed by atoms with van der Waals surface area (Å²) in [6, 6.07) is 0. The summed E-state index contributed by atoms with van der Waals surface area (Å²) in [5.74, 6) is 4.52. The van der Waals surface area contributed by atoms with Crippen LogP contribution < -0.4 is 0 Å². The fraction of sp³-hybridized carbons (Fsp3) is 0.556. The second kappa shape index (κ2) is 9.38. The lowest BCUT2D eigenvalue weighted by Crippen LogP contribution is -2.27. The highest BCUT2D eigenvalue weighted by atomic mass is 16.5. The molecule has 6 heteroatoms. The highest BCUT2D eigenvalue weighted by Gasteiger charge is 2.48. The highest BCUT2D eigenvalue weighted by Crippen LogP contribution is 2.36. The van der Waals surface area contributed by atoms with Gasteiger partial charge in [-0.05, 0) is 26.2 Å². The monoisotopic (exact) mass is 328 g/mol. The van der Waals surface area contributed by atoms with Crippen LogP contribution in [0.3, 0.4) is 0 Å². The first-order valence-electron chi connectivity index (χ1n) is 7.71. The lowest BCUT2D eigenvalue weighted by atomic mass is 9.83. The lowest BCUT2D eigenvalue weighted by molar-refractivity contribution is -0.148. The largest absolute Gasteiger partial charge is 0.516 e. The molecule has 0 aromatic carbocycles. The molecule has 0 saturated carbocycles. The van der Waals surface area contributed by atoms with Crippen LogP contribution in [-0.4, -0.2) is 30.8 Å². The van der Waals surface area contributed by atoms with Gasteiger partial charge in [-0.25, -0.2) is 22.8 Å². The first-order valence-corrected chi connectivity index (χ1v) is 7.71. The number of hydrogen-bond donors (Lipinski definition) is 0. The van der Waals surface area contributed by atoms with Gasteiger partial charge in [-0.15, -0.1) is 0 Å². The Labute approximate surface area is 142 Å². The third-order valence-electron chi connectivity index (χ3n) is 3.72. The normalized spacial score (nSPS) is 16.5. The first kappa shape index (κ1) is 19.3. The number of carbonyl (C=O) groups excluding carboxylic acids is 2. The molecule has 0 N–H and O–H groups in total. The quantitative estimate of drug-likeness (QED) is 0.337. The number of ether oxygens (including phenoxy) is 2. The number of rotatable bonds is 5. The second-order valence-corrected chi connectivity index (χ2v) is 5.30. The summed E-state index contributed by atoms with van der Waals surface area (Å²) in [6.45, 7) is 18.2. The van der Waals surface area contributed by atoms with Crippen LogP contribution >= 0.6 is 0 Å². The van der Waals surface area contributed by atoms with Crippen molar-refractivity contribution in [1.82, 2.24) is 0 Å². The zero-order valence-corrected chi connectivity index (χ0v) is 13.9. The van der Waals surface area contributed by atoms with Gasteiger partial charge >= 0.3 is 17.6 Å². The van der Waals surface area contributed by atoms with Crippen molar-refractivity contribution >= 4 is 11.9 Å². The average molecular weight is 328 g/mol. The van der Waals surface area contributed by atoms with Crippen molar-refractivity contribution in [2.24, 2.45) is 5.92 Å². The smallest absolute Gasteiger partial charge is 0.466 e. The minimum absolute atomic E-state index is 0.0502. The van der Waals surface area contributed by atoms with E-state index < -0.39 is 11.6 Å². The fourth-order valence-electron chi connectivity index (χ4n) is 2.41. The molecule has 0 amide bonds. The molecular weight excluding hydrogens is 308 g/mol. The van der Waals surface area contributed by atoms with E-state index in [-0.39, 0.29) is 24.9 Å². The maximum atomic E-state index is 11.8. The van der Waals surface area contributed by atoms with Crippen LogP contribution in [0.4, 0.5) is 0 Å². The fourth-order valence-corrected chi connectivity index (χ4v) is 2.41. The highest BCUT2D eigenvalue weighted by molar-refractivity contribution is 5.73. The van der Waals surface area contributed by atoms with Gasteiger partial charge in [0.2, 0.25) is 0 Å². The van der Waals surface area contributed by atoms with Crippen LogP contribution in [0, 0.1) is 30.9 Å². The molecular formula is C18H20N2O4. The van der Waals surface area contributed by atoms with Crippen LogP contribution in [0.25, 0.3) is 9.69 Å². The van der Waals surface area contributed by atoms with Gasteiger partial charge < -0.3 is 9.47 Å². The van der Waals surface area contributed by atoms with E-state index in [0.29, 0.717) is 31.4 Å². The van der Waals surface area contributed by atoms with Crippen molar-refractivity contribution in [2.45, 2.75) is 45.2 Å². The molecule has 0 aromatic rings. The van der Waals surface area contributed by atoms with Gasteiger partial charge in [-0.3, -0.25) is 9.59 Å². The molecule has 0 radical (unpaired) electrons. The van der Waals surface area contributed by atoms with Crippen LogP contribution in [-0.2, 0) is 19.1 Å². The van der Waals surface area contributed by atoms with E-state index in [9.17, 15) is 9.59 Å². The summed E-state index contributed by atoms with van der Waals surface area (Å²) in [7, 11) is 0. The van der Waals surface area contributed by atoms with E-state index in [4.69, 9.17) is 22.6 Å². The summed E-state index contributed by atoms with van der Waals surface area (Å²) < 4.78 is 9.71. The standard InChI is InChI=1S/C18H20N2O4/c1-5-23-17(22)15-8-10-16(11-9-15)18(19-3,20-4)12-6-7-13-24-14(2)21/h10,15H,5,8-9,11-13H2,1-2H3. The third-order valence-corrected chi connectivity index (χ3v) is 3.72. The molecule has 1 unspecified atom stereocenters. The Morgan fingerprint density at radius 3 is 2.54 bits per heavy atom. The number of esters is 2. The van der Waals surface area contributed by atoms with E-state index in [0.717, 1.165) is 0 Å². The van der Waals surface area contributed by atoms with Crippen LogP contribution in [0.5, 0.6) is 0 Å². The van der Waals surface area contributed by atoms with Gasteiger partial charge in [0.1, 0.15) is 0 Å². The molecule has 0 aliphatic heterocycles. The topological polar surface area (TPSA) is 61.3 Å². The predicted molar refractivity (Wildman–Crippen MR) is 87.0 cm³/mol. The Kier molecular flexibility index (Phi) is 7.53. The summed E-state index contributed by atoms with van der Waals surface area (Å²) in [6.07, 6.45) is 3.39. The number of nitrogens with zero attached hydrogens (tertiary/aromatic N) is 2. The Balaban J connectivity index is 2.78. The zero-order valence-electron chi connectivity index (χ0n) is 13.9. The average Bonchev–Trinajstić information content (AvgIpc) is 2.59. The van der Waals surface area contributed by atoms with E-state index >= 15 is 0 Å². The van der Waals surface area contributed by atoms with Gasteiger partial charge in [0, 0.05) is 6.92 Å². The van der Waals surface area contributed by atoms with Gasteiger partial charge in [-0.1, -0.05) is 17.9 Å². The maximum absolute atomic E-state index is 11.8. The second-order valence-electron chi connectivity index (χ2n) is 5.30. The summed E-state index contributed by atoms with van der Waals surface area (Å²) >= 11 is 0. The molecule has 0 bridgehead atoms. The third kappa shape index (κ3) is 5.14. The van der Waals surface area contributed by atoms with Gasteiger partial charge in [0.15, 0.2) is 13.0 Å². The zero-order chi connectivity index (χ0) is 18.0. The van der Waals surface area contributed by atoms with E-state index in [2.05, 4.69) is 21.5 Å². The Morgan fingerprint density at radius 1 is 1.33 bits per heavy atom. The predicted octanol–water partition coefficient (Wildman–Crippen LogP) is 2.77. The lowest BCUT2D eigenvalue weighted by Gasteiger charge is -2.21. The molecule has 0 spiro atoms. The van der Waals surface area contributed by atoms with Crippen LogP contribution in [0.1, 0.15) is 39.5 Å². The number of carbonyl (C=O) groups is 2. The van der Waals surface area contributed by atoms with Gasteiger partial charge in [-0.2, -0.15) is 0 Å². The molecule has 1 atom stereocenters. The van der Waals surface area contributed by atoms with E-state index in [1.165, 1.54) is 6.92 Å². The Hall–Kier alpha value is -2.78. The van der Waals surface area contributed by atoms with E-state index in [1.807, 2.05) is 0 Å². The van der Waals surface area contributed by atoms with Crippen molar-refractivity contribution in [3.63, 3.8) is 0 Å². The van der Waals surface area contributed by atoms with Crippen LogP contribution in [0.2, 0.25) is 0 Å². The minimum atomic E-state index is -1.36. The summed E-state index contributed by atoms with van der Waals surface area (Å²) in [4.78, 5) is 29.4. The van der Waals surface area contributed by atoms with E-state index in [1.54, 1.807) is 13.0 Å². The van der Waals surface area contributed by atoms with Crippen molar-refractivity contribution in [1.29, 1.82) is 0 Å². The summed E-state index contributed by atoms with van der Waals surface area (Å²) in [5.41, 5.74) is -0.655. The molecule has 0 fully saturated rings. The molecule has 0 aromatic heterocycles. The summed E-state index contributed by atoms with van der Waals surface area (Å²) in [5, 5.41) is 0. The molecule has 0 heterocycles. The molecule has 1 aliphatic carbocycles. The molecule has 126 valence electrons. The van der Waals surface area contributed by atoms with Crippen molar-refractivity contribution in [2.75, 3.05) is 13.2 Å². The molecule has 24 heavy (non-hydrogen) atoms. The Bertz CT molecular complexity index is 641. The maximum Gasteiger partial charge on any atom is 0.516 e. The van der Waals surface area contributed by atoms with Crippen molar-refractivity contribution in [3.8, 4) is 11.8 Å². The Morgan fingerprint density at radius 2 is 2.04 bits per heavy atom. The van der Waals surface area contributed by atoms with Crippen molar-refractivity contribution < 1.29 is 19.1 Å². The SMILES string of the molecule is [C-]#[N+]C(CC#CCOC(C)=O)([N+]#[C-])C1=CCC(C(=O)OCC)CC1. The number of hydrogen-bond acceptors (Lipinski definition) is 4. The van der Waals surface area contributed by atoms with Crippen molar-refractivity contribution in [3.05, 3.63) is 34.5 Å². The van der Waals surface area contributed by atoms with Gasteiger partial charge in [0.25, 0.3) is 0 Å². The number of allylic oxidation sites excluding steroid dienone is 1. The first-order chi connectivity index (χ1) is 11.5. The molecule has 0 saturated heterocycles. The van der Waals surface area contributed by atoms with Crippen LogP contribution in [0.15, 0.2) is 11.6 Å². The molecule has 1 rings (SSSR count). The minimum Gasteiger partial charge on any atom is -0.466 e.